The van der Waals surface area contributed by atoms with E-state index in [4.69, 9.17) is 23.2 Å². The quantitative estimate of drug-likeness (QED) is 0.751. The van der Waals surface area contributed by atoms with Gasteiger partial charge in [0, 0.05) is 0 Å². The third kappa shape index (κ3) is 2.57. The fraction of sp³-hybridized carbons (Fsp3) is 0. The molecule has 0 saturated carbocycles. The SMILES string of the molecule is O=C(Nc1c(Cl)cc(Cl)c2nsnc12)c1ccccc1F. The molecule has 2 aromatic carbocycles. The predicted molar refractivity (Wildman–Crippen MR) is 81.8 cm³/mol. The predicted octanol–water partition coefficient (Wildman–Crippen LogP) is 4.39. The third-order valence-electron chi connectivity index (χ3n) is 2.80. The second-order valence-electron chi connectivity index (χ2n) is 4.11. The Labute approximate surface area is 132 Å². The maximum atomic E-state index is 13.6. The zero-order chi connectivity index (χ0) is 15.0. The first-order valence-corrected chi connectivity index (χ1v) is 7.22. The van der Waals surface area contributed by atoms with E-state index in [1.165, 1.54) is 24.3 Å². The van der Waals surface area contributed by atoms with Crippen LogP contribution in [-0.4, -0.2) is 14.7 Å². The molecular formula is C13H6Cl2FN3OS. The van der Waals surface area contributed by atoms with Gasteiger partial charge in [0.25, 0.3) is 5.91 Å². The lowest BCUT2D eigenvalue weighted by atomic mass is 10.2. The van der Waals surface area contributed by atoms with Crippen molar-refractivity contribution in [2.75, 3.05) is 5.32 Å². The third-order valence-corrected chi connectivity index (χ3v) is 3.92. The molecule has 0 spiro atoms. The van der Waals surface area contributed by atoms with Crippen molar-refractivity contribution in [2.45, 2.75) is 0 Å². The number of hydrogen-bond donors (Lipinski definition) is 1. The summed E-state index contributed by atoms with van der Waals surface area (Å²) >= 11 is 13.0. The van der Waals surface area contributed by atoms with Gasteiger partial charge in [-0.05, 0) is 18.2 Å². The minimum absolute atomic E-state index is 0.0835. The number of hydrogen-bond acceptors (Lipinski definition) is 4. The maximum absolute atomic E-state index is 13.6. The Morgan fingerprint density at radius 1 is 1.14 bits per heavy atom. The highest BCUT2D eigenvalue weighted by Gasteiger charge is 2.18. The van der Waals surface area contributed by atoms with Gasteiger partial charge in [0.2, 0.25) is 0 Å². The minimum Gasteiger partial charge on any atom is -0.319 e. The van der Waals surface area contributed by atoms with E-state index >= 15 is 0 Å². The van der Waals surface area contributed by atoms with Crippen molar-refractivity contribution >= 4 is 57.6 Å². The molecule has 1 N–H and O–H groups in total. The zero-order valence-corrected chi connectivity index (χ0v) is 12.6. The van der Waals surface area contributed by atoms with Gasteiger partial charge in [-0.15, -0.1) is 0 Å². The van der Waals surface area contributed by atoms with Crippen LogP contribution in [0.3, 0.4) is 0 Å². The number of anilines is 1. The number of halogens is 3. The molecule has 106 valence electrons. The molecule has 0 fully saturated rings. The van der Waals surface area contributed by atoms with E-state index in [-0.39, 0.29) is 16.3 Å². The van der Waals surface area contributed by atoms with Gasteiger partial charge in [-0.3, -0.25) is 4.79 Å². The second-order valence-corrected chi connectivity index (χ2v) is 5.45. The Bertz CT molecular complexity index is 853. The largest absolute Gasteiger partial charge is 0.319 e. The van der Waals surface area contributed by atoms with Crippen LogP contribution >= 0.6 is 34.9 Å². The van der Waals surface area contributed by atoms with Crippen LogP contribution < -0.4 is 5.32 Å². The molecule has 0 atom stereocenters. The summed E-state index contributed by atoms with van der Waals surface area (Å²) in [6, 6.07) is 7.12. The Hall–Kier alpha value is -1.76. The van der Waals surface area contributed by atoms with Crippen molar-refractivity contribution in [3.8, 4) is 0 Å². The molecule has 4 nitrogen and oxygen atoms in total. The van der Waals surface area contributed by atoms with Crippen LogP contribution in [0.2, 0.25) is 10.0 Å². The molecule has 0 aliphatic heterocycles. The van der Waals surface area contributed by atoms with Crippen molar-refractivity contribution in [3.05, 3.63) is 51.8 Å². The van der Waals surface area contributed by atoms with Crippen LogP contribution in [0.4, 0.5) is 10.1 Å². The number of amides is 1. The van der Waals surface area contributed by atoms with Crippen LogP contribution in [0, 0.1) is 5.82 Å². The molecule has 3 rings (SSSR count). The van der Waals surface area contributed by atoms with Gasteiger partial charge < -0.3 is 5.32 Å². The molecule has 0 unspecified atom stereocenters. The van der Waals surface area contributed by atoms with Crippen LogP contribution in [-0.2, 0) is 0 Å². The number of carbonyl (C=O) groups excluding carboxylic acids is 1. The molecule has 3 aromatic rings. The summed E-state index contributed by atoms with van der Waals surface area (Å²) in [5.74, 6) is -1.24. The lowest BCUT2D eigenvalue weighted by molar-refractivity contribution is 0.102. The molecule has 21 heavy (non-hydrogen) atoms. The number of fused-ring (bicyclic) bond motifs is 1. The van der Waals surface area contributed by atoms with Crippen molar-refractivity contribution in [3.63, 3.8) is 0 Å². The van der Waals surface area contributed by atoms with E-state index in [2.05, 4.69) is 14.1 Å². The summed E-state index contributed by atoms with van der Waals surface area (Å²) in [7, 11) is 0. The van der Waals surface area contributed by atoms with Crippen molar-refractivity contribution < 1.29 is 9.18 Å². The lowest BCUT2D eigenvalue weighted by Crippen LogP contribution is -2.14. The van der Waals surface area contributed by atoms with E-state index in [0.29, 0.717) is 16.1 Å². The Morgan fingerprint density at radius 2 is 1.86 bits per heavy atom. The summed E-state index contributed by atoms with van der Waals surface area (Å²) in [5, 5.41) is 3.11. The normalized spacial score (nSPS) is 10.8. The van der Waals surface area contributed by atoms with E-state index < -0.39 is 11.7 Å². The zero-order valence-electron chi connectivity index (χ0n) is 10.2. The smallest absolute Gasteiger partial charge is 0.258 e. The van der Waals surface area contributed by atoms with Crippen molar-refractivity contribution in [2.24, 2.45) is 0 Å². The van der Waals surface area contributed by atoms with E-state index in [0.717, 1.165) is 11.7 Å². The first-order chi connectivity index (χ1) is 10.1. The standard InChI is InChI=1S/C13H6Cl2FN3OS/c14-7-5-8(15)11-12(19-21-18-11)10(7)17-13(20)6-3-1-2-4-9(6)16/h1-5H,(H,17,20). The van der Waals surface area contributed by atoms with Gasteiger partial charge in [-0.2, -0.15) is 8.75 Å². The highest BCUT2D eigenvalue weighted by molar-refractivity contribution is 7.00. The number of rotatable bonds is 2. The molecule has 0 aliphatic carbocycles. The molecule has 1 heterocycles. The van der Waals surface area contributed by atoms with E-state index in [9.17, 15) is 9.18 Å². The van der Waals surface area contributed by atoms with Crippen LogP contribution in [0.15, 0.2) is 30.3 Å². The number of benzene rings is 2. The molecule has 1 amide bonds. The number of aromatic nitrogens is 2. The van der Waals surface area contributed by atoms with Crippen molar-refractivity contribution in [1.29, 1.82) is 0 Å². The first kappa shape index (κ1) is 14.2. The van der Waals surface area contributed by atoms with E-state index in [1.807, 2.05) is 0 Å². The highest BCUT2D eigenvalue weighted by atomic mass is 35.5. The van der Waals surface area contributed by atoms with Gasteiger partial charge in [0.1, 0.15) is 16.9 Å². The molecule has 0 aliphatic rings. The summed E-state index contributed by atoms with van der Waals surface area (Å²) in [4.78, 5) is 12.2. The summed E-state index contributed by atoms with van der Waals surface area (Å²) < 4.78 is 21.7. The number of nitrogens with zero attached hydrogens (tertiary/aromatic N) is 2. The molecule has 0 radical (unpaired) electrons. The Kier molecular flexibility index (Phi) is 3.75. The monoisotopic (exact) mass is 341 g/mol. The van der Waals surface area contributed by atoms with Crippen LogP contribution in [0.5, 0.6) is 0 Å². The second kappa shape index (κ2) is 5.55. The highest BCUT2D eigenvalue weighted by Crippen LogP contribution is 2.35. The maximum Gasteiger partial charge on any atom is 0.258 e. The summed E-state index contributed by atoms with van der Waals surface area (Å²) in [5.41, 5.74) is 0.995. The summed E-state index contributed by atoms with van der Waals surface area (Å²) in [6.45, 7) is 0. The van der Waals surface area contributed by atoms with Gasteiger partial charge in [0.05, 0.1) is 33.0 Å². The number of nitrogens with one attached hydrogen (secondary N) is 1. The van der Waals surface area contributed by atoms with Crippen molar-refractivity contribution in [1.82, 2.24) is 8.75 Å². The van der Waals surface area contributed by atoms with Gasteiger partial charge >= 0.3 is 0 Å². The molecule has 0 saturated heterocycles. The number of carbonyl (C=O) groups is 1. The Balaban J connectivity index is 2.05. The lowest BCUT2D eigenvalue weighted by Gasteiger charge is -2.09. The average Bonchev–Trinajstić information content (AvgIpc) is 2.93. The molecule has 8 heteroatoms. The Morgan fingerprint density at radius 3 is 2.62 bits per heavy atom. The van der Waals surface area contributed by atoms with Gasteiger partial charge in [0.15, 0.2) is 0 Å². The average molecular weight is 342 g/mol. The van der Waals surface area contributed by atoms with Gasteiger partial charge in [-0.25, -0.2) is 4.39 Å². The minimum atomic E-state index is -0.619. The van der Waals surface area contributed by atoms with Gasteiger partial charge in [-0.1, -0.05) is 35.3 Å². The van der Waals surface area contributed by atoms with E-state index in [1.54, 1.807) is 6.07 Å². The first-order valence-electron chi connectivity index (χ1n) is 5.74. The topological polar surface area (TPSA) is 54.9 Å². The summed E-state index contributed by atoms with van der Waals surface area (Å²) in [6.07, 6.45) is 0. The molecular weight excluding hydrogens is 336 g/mol. The fourth-order valence-electron chi connectivity index (χ4n) is 1.82. The fourth-order valence-corrected chi connectivity index (χ4v) is 2.98. The molecule has 0 bridgehead atoms. The molecule has 1 aromatic heterocycles. The van der Waals surface area contributed by atoms with Crippen LogP contribution in [0.25, 0.3) is 11.0 Å². The van der Waals surface area contributed by atoms with Crippen LogP contribution in [0.1, 0.15) is 10.4 Å².